The Bertz CT molecular complexity index is 202. The van der Waals surface area contributed by atoms with E-state index in [4.69, 9.17) is 5.73 Å². The van der Waals surface area contributed by atoms with Gasteiger partial charge in [0.1, 0.15) is 0 Å². The lowest BCUT2D eigenvalue weighted by molar-refractivity contribution is -0.126. The number of amides is 1. The largest absolute Gasteiger partial charge is 0.358 e. The molecule has 3 N–H and O–H groups in total. The number of likely N-dealkylation sites (N-methyl/N-ethyl adjacent to an activating group) is 1. The molecule has 0 radical (unpaired) electrons. The third-order valence-electron chi connectivity index (χ3n) is 3.30. The van der Waals surface area contributed by atoms with Crippen LogP contribution in [0.15, 0.2) is 0 Å². The standard InChI is InChI=1S/C11H23N3O/c1-9(11(15)13-2)14(8-7-12)10-5-3-4-6-10/h9-10H,3-8,12H2,1-2H3,(H,13,15). The van der Waals surface area contributed by atoms with E-state index < -0.39 is 0 Å². The molecule has 4 nitrogen and oxygen atoms in total. The average molecular weight is 213 g/mol. The number of nitrogens with two attached hydrogens (primary N) is 1. The molecule has 1 unspecified atom stereocenters. The second-order valence-corrected chi connectivity index (χ2v) is 4.26. The van der Waals surface area contributed by atoms with Crippen LogP contribution in [0.2, 0.25) is 0 Å². The molecule has 1 saturated carbocycles. The highest BCUT2D eigenvalue weighted by Gasteiger charge is 2.28. The highest BCUT2D eigenvalue weighted by Crippen LogP contribution is 2.24. The van der Waals surface area contributed by atoms with Crippen LogP contribution in [0.1, 0.15) is 32.6 Å². The molecule has 1 aliphatic rings. The summed E-state index contributed by atoms with van der Waals surface area (Å²) in [5.41, 5.74) is 5.60. The van der Waals surface area contributed by atoms with Gasteiger partial charge < -0.3 is 11.1 Å². The summed E-state index contributed by atoms with van der Waals surface area (Å²) in [6.07, 6.45) is 4.99. The maximum absolute atomic E-state index is 11.6. The Hall–Kier alpha value is -0.610. The van der Waals surface area contributed by atoms with Crippen molar-refractivity contribution in [1.29, 1.82) is 0 Å². The van der Waals surface area contributed by atoms with Gasteiger partial charge in [-0.15, -0.1) is 0 Å². The molecule has 0 aromatic carbocycles. The smallest absolute Gasteiger partial charge is 0.236 e. The molecule has 1 atom stereocenters. The van der Waals surface area contributed by atoms with E-state index >= 15 is 0 Å². The van der Waals surface area contributed by atoms with E-state index in [9.17, 15) is 4.79 Å². The van der Waals surface area contributed by atoms with Gasteiger partial charge in [-0.1, -0.05) is 12.8 Å². The zero-order valence-corrected chi connectivity index (χ0v) is 9.83. The summed E-state index contributed by atoms with van der Waals surface area (Å²) in [6.45, 7) is 3.41. The minimum absolute atomic E-state index is 0.0540. The first-order chi connectivity index (χ1) is 7.20. The molecule has 0 aliphatic heterocycles. The average Bonchev–Trinajstić information content (AvgIpc) is 2.77. The van der Waals surface area contributed by atoms with E-state index in [-0.39, 0.29) is 11.9 Å². The van der Waals surface area contributed by atoms with Gasteiger partial charge in [0.2, 0.25) is 5.91 Å². The SMILES string of the molecule is CNC(=O)C(C)N(CCN)C1CCCC1. The number of carbonyl (C=O) groups excluding carboxylic acids is 1. The Morgan fingerprint density at radius 1 is 1.53 bits per heavy atom. The molecule has 0 saturated heterocycles. The van der Waals surface area contributed by atoms with Crippen LogP contribution in [0.25, 0.3) is 0 Å². The van der Waals surface area contributed by atoms with Crippen LogP contribution in [0.5, 0.6) is 0 Å². The molecule has 0 aromatic heterocycles. The number of hydrogen-bond acceptors (Lipinski definition) is 3. The van der Waals surface area contributed by atoms with E-state index in [1.54, 1.807) is 7.05 Å². The fourth-order valence-electron chi connectivity index (χ4n) is 2.44. The van der Waals surface area contributed by atoms with Crippen LogP contribution >= 0.6 is 0 Å². The highest BCUT2D eigenvalue weighted by atomic mass is 16.2. The first-order valence-corrected chi connectivity index (χ1v) is 5.88. The molecule has 1 rings (SSSR count). The third kappa shape index (κ3) is 3.18. The Kier molecular flexibility index (Phi) is 5.05. The first kappa shape index (κ1) is 12.5. The van der Waals surface area contributed by atoms with Crippen LogP contribution in [0.4, 0.5) is 0 Å². The van der Waals surface area contributed by atoms with Crippen molar-refractivity contribution < 1.29 is 4.79 Å². The van der Waals surface area contributed by atoms with E-state index in [0.717, 1.165) is 6.54 Å². The van der Waals surface area contributed by atoms with Gasteiger partial charge >= 0.3 is 0 Å². The monoisotopic (exact) mass is 213 g/mol. The minimum Gasteiger partial charge on any atom is -0.358 e. The number of nitrogens with zero attached hydrogens (tertiary/aromatic N) is 1. The van der Waals surface area contributed by atoms with Crippen molar-refractivity contribution in [3.8, 4) is 0 Å². The van der Waals surface area contributed by atoms with Crippen LogP contribution < -0.4 is 11.1 Å². The van der Waals surface area contributed by atoms with Crippen molar-refractivity contribution >= 4 is 5.91 Å². The fourth-order valence-corrected chi connectivity index (χ4v) is 2.44. The van der Waals surface area contributed by atoms with E-state index in [0.29, 0.717) is 12.6 Å². The molecule has 1 fully saturated rings. The van der Waals surface area contributed by atoms with Gasteiger partial charge in [0.15, 0.2) is 0 Å². The summed E-state index contributed by atoms with van der Waals surface area (Å²) in [4.78, 5) is 13.8. The highest BCUT2D eigenvalue weighted by molar-refractivity contribution is 5.81. The summed E-state index contributed by atoms with van der Waals surface area (Å²) < 4.78 is 0. The predicted molar refractivity (Wildman–Crippen MR) is 61.5 cm³/mol. The quantitative estimate of drug-likeness (QED) is 0.691. The van der Waals surface area contributed by atoms with Gasteiger partial charge in [0.05, 0.1) is 6.04 Å². The molecule has 15 heavy (non-hydrogen) atoms. The summed E-state index contributed by atoms with van der Waals surface area (Å²) in [5, 5.41) is 2.71. The van der Waals surface area contributed by atoms with Gasteiger partial charge in [-0.3, -0.25) is 9.69 Å². The summed E-state index contributed by atoms with van der Waals surface area (Å²) in [5.74, 6) is 0.0929. The molecular formula is C11H23N3O. The lowest BCUT2D eigenvalue weighted by Crippen LogP contribution is -2.50. The van der Waals surface area contributed by atoms with Crippen molar-refractivity contribution in [2.45, 2.75) is 44.7 Å². The molecule has 0 aromatic rings. The Morgan fingerprint density at radius 2 is 2.13 bits per heavy atom. The van der Waals surface area contributed by atoms with Crippen molar-refractivity contribution in [2.75, 3.05) is 20.1 Å². The van der Waals surface area contributed by atoms with Crippen LogP contribution in [-0.4, -0.2) is 43.0 Å². The van der Waals surface area contributed by atoms with Gasteiger partial charge in [0, 0.05) is 26.2 Å². The summed E-state index contributed by atoms with van der Waals surface area (Å²) >= 11 is 0. The van der Waals surface area contributed by atoms with Crippen molar-refractivity contribution in [3.05, 3.63) is 0 Å². The second kappa shape index (κ2) is 6.08. The maximum Gasteiger partial charge on any atom is 0.236 e. The van der Waals surface area contributed by atoms with Gasteiger partial charge in [-0.05, 0) is 19.8 Å². The van der Waals surface area contributed by atoms with Crippen molar-refractivity contribution in [3.63, 3.8) is 0 Å². The minimum atomic E-state index is -0.0540. The second-order valence-electron chi connectivity index (χ2n) is 4.26. The Labute approximate surface area is 92.2 Å². The van der Waals surface area contributed by atoms with Crippen LogP contribution in [0, 0.1) is 0 Å². The predicted octanol–water partition coefficient (Wildman–Crippen LogP) is 0.324. The Morgan fingerprint density at radius 3 is 2.60 bits per heavy atom. The van der Waals surface area contributed by atoms with E-state index in [1.807, 2.05) is 6.92 Å². The van der Waals surface area contributed by atoms with Gasteiger partial charge in [-0.25, -0.2) is 0 Å². The molecule has 4 heteroatoms. The summed E-state index contributed by atoms with van der Waals surface area (Å²) in [6, 6.07) is 0.502. The van der Waals surface area contributed by atoms with Crippen LogP contribution in [-0.2, 0) is 4.79 Å². The van der Waals surface area contributed by atoms with E-state index in [1.165, 1.54) is 25.7 Å². The first-order valence-electron chi connectivity index (χ1n) is 5.88. The van der Waals surface area contributed by atoms with Gasteiger partial charge in [-0.2, -0.15) is 0 Å². The Balaban J connectivity index is 2.58. The maximum atomic E-state index is 11.6. The van der Waals surface area contributed by atoms with Crippen molar-refractivity contribution in [2.24, 2.45) is 5.73 Å². The number of rotatable bonds is 5. The topological polar surface area (TPSA) is 58.4 Å². The molecular weight excluding hydrogens is 190 g/mol. The van der Waals surface area contributed by atoms with E-state index in [2.05, 4.69) is 10.2 Å². The molecule has 1 aliphatic carbocycles. The molecule has 88 valence electrons. The molecule has 0 spiro atoms. The zero-order chi connectivity index (χ0) is 11.3. The van der Waals surface area contributed by atoms with Gasteiger partial charge in [0.25, 0.3) is 0 Å². The normalized spacial score (nSPS) is 19.5. The number of nitrogens with one attached hydrogen (secondary N) is 1. The summed E-state index contributed by atoms with van der Waals surface area (Å²) in [7, 11) is 1.69. The molecule has 0 heterocycles. The zero-order valence-electron chi connectivity index (χ0n) is 9.83. The molecule has 0 bridgehead atoms. The third-order valence-corrected chi connectivity index (χ3v) is 3.30. The number of carbonyl (C=O) groups is 1. The fraction of sp³-hybridized carbons (Fsp3) is 0.909. The lowest BCUT2D eigenvalue weighted by atomic mass is 10.1. The molecule has 1 amide bonds. The van der Waals surface area contributed by atoms with Crippen molar-refractivity contribution in [1.82, 2.24) is 10.2 Å². The number of hydrogen-bond donors (Lipinski definition) is 2. The van der Waals surface area contributed by atoms with Crippen LogP contribution in [0.3, 0.4) is 0 Å². The lowest BCUT2D eigenvalue weighted by Gasteiger charge is -2.32.